The summed E-state index contributed by atoms with van der Waals surface area (Å²) >= 11 is 4.75. The fraction of sp³-hybridized carbons (Fsp3) is 0.250. The van der Waals surface area contributed by atoms with E-state index in [1.807, 2.05) is 24.3 Å². The molecule has 2 heterocycles. The van der Waals surface area contributed by atoms with Crippen LogP contribution >= 0.6 is 27.7 Å². The number of hydrogen-bond donors (Lipinski definition) is 0. The Hall–Kier alpha value is -1.93. The second-order valence-electron chi connectivity index (χ2n) is 5.06. The molecule has 1 aromatic carbocycles. The van der Waals surface area contributed by atoms with Gasteiger partial charge in [0.25, 0.3) is 0 Å². The van der Waals surface area contributed by atoms with Crippen LogP contribution in [-0.4, -0.2) is 26.4 Å². The summed E-state index contributed by atoms with van der Waals surface area (Å²) in [6, 6.07) is 7.65. The monoisotopic (exact) mass is 406 g/mol. The van der Waals surface area contributed by atoms with Gasteiger partial charge in [-0.3, -0.25) is 14.2 Å². The number of carbonyl (C=O) groups is 2. The van der Waals surface area contributed by atoms with Crippen molar-refractivity contribution in [2.45, 2.75) is 31.7 Å². The van der Waals surface area contributed by atoms with Crippen LogP contribution in [-0.2, 0) is 4.79 Å². The summed E-state index contributed by atoms with van der Waals surface area (Å²) in [6.07, 6.45) is 2.12. The van der Waals surface area contributed by atoms with E-state index >= 15 is 0 Å². The zero-order valence-corrected chi connectivity index (χ0v) is 15.6. The van der Waals surface area contributed by atoms with E-state index in [2.05, 4.69) is 26.0 Å². The number of anilines is 1. The van der Waals surface area contributed by atoms with Gasteiger partial charge >= 0.3 is 0 Å². The average molecular weight is 407 g/mol. The Bertz CT molecular complexity index is 829. The molecule has 1 aromatic heterocycles. The van der Waals surface area contributed by atoms with Crippen molar-refractivity contribution in [3.63, 3.8) is 0 Å². The number of nitrogens with zero attached hydrogens (tertiary/aromatic N) is 4. The molecular formula is C16H15BrN4O2S. The van der Waals surface area contributed by atoms with Crippen LogP contribution in [0.1, 0.15) is 37.0 Å². The minimum absolute atomic E-state index is 0.0720. The van der Waals surface area contributed by atoms with Crippen LogP contribution in [0.3, 0.4) is 0 Å². The zero-order chi connectivity index (χ0) is 17.3. The molecule has 0 radical (unpaired) electrons. The van der Waals surface area contributed by atoms with Crippen molar-refractivity contribution < 1.29 is 9.59 Å². The van der Waals surface area contributed by atoms with E-state index < -0.39 is 0 Å². The van der Waals surface area contributed by atoms with Gasteiger partial charge in [0.15, 0.2) is 5.82 Å². The predicted octanol–water partition coefficient (Wildman–Crippen LogP) is 3.91. The van der Waals surface area contributed by atoms with Gasteiger partial charge in [-0.15, -0.1) is 0 Å². The SMILES string of the molecule is CCC(=O)N1N=C(c2ccc(Br)cc2)Sc2c1ncn2C(=O)CC. The van der Waals surface area contributed by atoms with Crippen LogP contribution in [0.4, 0.5) is 5.82 Å². The third-order valence-electron chi connectivity index (χ3n) is 3.49. The third kappa shape index (κ3) is 3.03. The molecule has 124 valence electrons. The second kappa shape index (κ2) is 6.90. The molecule has 3 rings (SSSR count). The van der Waals surface area contributed by atoms with Gasteiger partial charge in [-0.2, -0.15) is 10.1 Å². The Morgan fingerprint density at radius 3 is 2.42 bits per heavy atom. The summed E-state index contributed by atoms with van der Waals surface area (Å²) in [5, 5.41) is 7.02. The number of rotatable bonds is 3. The number of amides is 1. The molecule has 0 N–H and O–H groups in total. The molecule has 0 bridgehead atoms. The standard InChI is InChI=1S/C16H15BrN4O2S/c1-3-12(22)20-9-18-14-16(20)24-15(19-21(14)13(23)4-2)10-5-7-11(17)8-6-10/h5-9H,3-4H2,1-2H3. The fourth-order valence-electron chi connectivity index (χ4n) is 2.20. The maximum Gasteiger partial charge on any atom is 0.248 e. The number of fused-ring (bicyclic) bond motifs is 1. The van der Waals surface area contributed by atoms with Crippen molar-refractivity contribution in [2.24, 2.45) is 5.10 Å². The summed E-state index contributed by atoms with van der Waals surface area (Å²) in [4.78, 5) is 28.6. The number of imidazole rings is 1. The molecule has 0 unspecified atom stereocenters. The lowest BCUT2D eigenvalue weighted by atomic mass is 10.2. The molecule has 6 nitrogen and oxygen atoms in total. The minimum Gasteiger partial charge on any atom is -0.274 e. The first-order chi connectivity index (χ1) is 11.5. The number of hydrogen-bond acceptors (Lipinski definition) is 5. The smallest absolute Gasteiger partial charge is 0.248 e. The first kappa shape index (κ1) is 16.9. The highest BCUT2D eigenvalue weighted by molar-refractivity contribution is 9.10. The van der Waals surface area contributed by atoms with Crippen molar-refractivity contribution in [1.29, 1.82) is 0 Å². The molecule has 0 saturated carbocycles. The van der Waals surface area contributed by atoms with Crippen molar-refractivity contribution in [2.75, 3.05) is 5.01 Å². The van der Waals surface area contributed by atoms with Crippen molar-refractivity contribution in [1.82, 2.24) is 9.55 Å². The Balaban J connectivity index is 2.08. The summed E-state index contributed by atoms with van der Waals surface area (Å²) in [6.45, 7) is 3.56. The van der Waals surface area contributed by atoms with Gasteiger partial charge in [-0.1, -0.05) is 41.9 Å². The number of thioether (sulfide) groups is 1. The number of carbonyl (C=O) groups excluding carboxylic acids is 2. The lowest BCUT2D eigenvalue weighted by Crippen LogP contribution is -2.29. The van der Waals surface area contributed by atoms with Crippen LogP contribution in [0.5, 0.6) is 0 Å². The lowest BCUT2D eigenvalue weighted by molar-refractivity contribution is -0.118. The maximum absolute atomic E-state index is 12.3. The van der Waals surface area contributed by atoms with Gasteiger partial charge in [-0.25, -0.2) is 4.98 Å². The van der Waals surface area contributed by atoms with E-state index in [4.69, 9.17) is 0 Å². The summed E-state index contributed by atoms with van der Waals surface area (Å²) in [7, 11) is 0. The van der Waals surface area contributed by atoms with Gasteiger partial charge < -0.3 is 0 Å². The van der Waals surface area contributed by atoms with E-state index in [0.717, 1.165) is 10.0 Å². The lowest BCUT2D eigenvalue weighted by Gasteiger charge is -2.22. The normalized spacial score (nSPS) is 13.5. The van der Waals surface area contributed by atoms with Crippen LogP contribution in [0.15, 0.2) is 45.2 Å². The molecule has 8 heteroatoms. The first-order valence-electron chi connectivity index (χ1n) is 7.51. The highest BCUT2D eigenvalue weighted by Gasteiger charge is 2.30. The van der Waals surface area contributed by atoms with Gasteiger partial charge in [-0.05, 0) is 23.9 Å². The highest BCUT2D eigenvalue weighted by atomic mass is 79.9. The summed E-state index contributed by atoms with van der Waals surface area (Å²) in [5.74, 6) is 0.173. The molecule has 0 aliphatic carbocycles. The minimum atomic E-state index is -0.166. The van der Waals surface area contributed by atoms with E-state index in [9.17, 15) is 9.59 Å². The van der Waals surface area contributed by atoms with E-state index in [-0.39, 0.29) is 11.8 Å². The molecule has 1 amide bonds. The Morgan fingerprint density at radius 1 is 1.12 bits per heavy atom. The van der Waals surface area contributed by atoms with Crippen LogP contribution in [0.25, 0.3) is 0 Å². The number of halogens is 1. The van der Waals surface area contributed by atoms with Crippen molar-refractivity contribution in [3.8, 4) is 0 Å². The van der Waals surface area contributed by atoms with Crippen molar-refractivity contribution >= 4 is 50.4 Å². The molecule has 24 heavy (non-hydrogen) atoms. The van der Waals surface area contributed by atoms with E-state index in [1.165, 1.54) is 27.7 Å². The van der Waals surface area contributed by atoms with Crippen molar-refractivity contribution in [3.05, 3.63) is 40.6 Å². The summed E-state index contributed by atoms with van der Waals surface area (Å²) < 4.78 is 2.45. The van der Waals surface area contributed by atoms with Gasteiger partial charge in [0.2, 0.25) is 11.8 Å². The molecule has 1 aliphatic heterocycles. The van der Waals surface area contributed by atoms with Crippen LogP contribution in [0.2, 0.25) is 0 Å². The van der Waals surface area contributed by atoms with Gasteiger partial charge in [0, 0.05) is 22.9 Å². The van der Waals surface area contributed by atoms with E-state index in [1.54, 1.807) is 13.8 Å². The van der Waals surface area contributed by atoms with Crippen LogP contribution in [0, 0.1) is 0 Å². The largest absolute Gasteiger partial charge is 0.274 e. The number of aromatic nitrogens is 2. The predicted molar refractivity (Wildman–Crippen MR) is 97.5 cm³/mol. The molecule has 0 spiro atoms. The zero-order valence-electron chi connectivity index (χ0n) is 13.2. The second-order valence-corrected chi connectivity index (χ2v) is 6.96. The third-order valence-corrected chi connectivity index (χ3v) is 5.10. The van der Waals surface area contributed by atoms with Crippen LogP contribution < -0.4 is 5.01 Å². The number of hydrazone groups is 1. The van der Waals surface area contributed by atoms with Gasteiger partial charge in [0.1, 0.15) is 16.4 Å². The number of benzene rings is 1. The highest BCUT2D eigenvalue weighted by Crippen LogP contribution is 2.37. The first-order valence-corrected chi connectivity index (χ1v) is 9.12. The molecule has 1 aliphatic rings. The van der Waals surface area contributed by atoms with Gasteiger partial charge in [0.05, 0.1) is 0 Å². The average Bonchev–Trinajstić information content (AvgIpc) is 3.04. The molecule has 0 fully saturated rings. The molecule has 2 aromatic rings. The fourth-order valence-corrected chi connectivity index (χ4v) is 3.50. The molecule has 0 atom stereocenters. The molecule has 0 saturated heterocycles. The van der Waals surface area contributed by atoms with E-state index in [0.29, 0.717) is 28.7 Å². The maximum atomic E-state index is 12.3. The summed E-state index contributed by atoms with van der Waals surface area (Å²) in [5.41, 5.74) is 0.874. The molecular weight excluding hydrogens is 392 g/mol. The quantitative estimate of drug-likeness (QED) is 0.774. The Kier molecular flexibility index (Phi) is 4.86. The topological polar surface area (TPSA) is 67.6 Å². The Morgan fingerprint density at radius 2 is 1.79 bits per heavy atom. The Labute approximate surface area is 152 Å².